The second kappa shape index (κ2) is 5.53. The molecule has 2 heterocycles. The zero-order chi connectivity index (χ0) is 15.9. The molecule has 1 aliphatic rings. The molecule has 1 aromatic carbocycles. The average Bonchev–Trinajstić information content (AvgIpc) is 2.75. The number of ether oxygens (including phenoxy) is 1. The van der Waals surface area contributed by atoms with Crippen molar-refractivity contribution in [1.29, 1.82) is 0 Å². The minimum atomic E-state index is -0.448. The first-order chi connectivity index (χ1) is 10.3. The molecule has 7 heteroatoms. The molecule has 3 rings (SSSR count). The molecule has 0 radical (unpaired) electrons. The molecule has 0 spiro atoms. The van der Waals surface area contributed by atoms with Crippen LogP contribution in [0.3, 0.4) is 0 Å². The van der Waals surface area contributed by atoms with Crippen molar-refractivity contribution in [2.24, 2.45) is 5.92 Å². The van der Waals surface area contributed by atoms with E-state index in [1.54, 1.807) is 4.90 Å². The van der Waals surface area contributed by atoms with E-state index in [-0.39, 0.29) is 6.09 Å². The molecule has 22 heavy (non-hydrogen) atoms. The SMILES string of the molecule is CC(C)(C)OC(=O)N1CC(Cn2nnc3c(Br)cccc32)C1. The predicted octanol–water partition coefficient (Wildman–Crippen LogP) is 3.06. The zero-order valence-corrected chi connectivity index (χ0v) is 14.5. The fraction of sp³-hybridized carbons (Fsp3) is 0.533. The number of nitrogens with zero attached hydrogens (tertiary/aromatic N) is 4. The quantitative estimate of drug-likeness (QED) is 0.819. The molecule has 2 aromatic rings. The average molecular weight is 367 g/mol. The molecule has 1 saturated heterocycles. The number of rotatable bonds is 2. The number of likely N-dealkylation sites (tertiary alicyclic amines) is 1. The lowest BCUT2D eigenvalue weighted by Gasteiger charge is -2.39. The van der Waals surface area contributed by atoms with E-state index < -0.39 is 5.60 Å². The van der Waals surface area contributed by atoms with Gasteiger partial charge in [0.15, 0.2) is 0 Å². The van der Waals surface area contributed by atoms with Crippen LogP contribution < -0.4 is 0 Å². The summed E-state index contributed by atoms with van der Waals surface area (Å²) in [5.74, 6) is 0.386. The summed E-state index contributed by atoms with van der Waals surface area (Å²) in [6.45, 7) is 7.78. The normalized spacial score (nSPS) is 15.9. The highest BCUT2D eigenvalue weighted by Gasteiger charge is 2.34. The van der Waals surface area contributed by atoms with Gasteiger partial charge in [-0.15, -0.1) is 5.10 Å². The van der Waals surface area contributed by atoms with Crippen molar-refractivity contribution in [2.75, 3.05) is 13.1 Å². The monoisotopic (exact) mass is 366 g/mol. The Bertz CT molecular complexity index is 701. The van der Waals surface area contributed by atoms with Gasteiger partial charge in [0, 0.05) is 30.0 Å². The van der Waals surface area contributed by atoms with Gasteiger partial charge in [-0.3, -0.25) is 0 Å². The Labute approximate surface area is 137 Å². The molecule has 1 aromatic heterocycles. The maximum atomic E-state index is 11.9. The van der Waals surface area contributed by atoms with Crippen LogP contribution >= 0.6 is 15.9 Å². The summed E-state index contributed by atoms with van der Waals surface area (Å²) in [5.41, 5.74) is 1.42. The number of aromatic nitrogens is 3. The number of hydrogen-bond donors (Lipinski definition) is 0. The molecule has 0 atom stereocenters. The topological polar surface area (TPSA) is 60.2 Å². The fourth-order valence-corrected chi connectivity index (χ4v) is 2.93. The largest absolute Gasteiger partial charge is 0.444 e. The molecular formula is C15H19BrN4O2. The van der Waals surface area contributed by atoms with Crippen LogP contribution in [0.25, 0.3) is 11.0 Å². The van der Waals surface area contributed by atoms with Gasteiger partial charge >= 0.3 is 6.09 Å². The Morgan fingerprint density at radius 1 is 1.41 bits per heavy atom. The molecule has 1 aliphatic heterocycles. The number of halogens is 1. The molecular weight excluding hydrogens is 348 g/mol. The molecule has 0 unspecified atom stereocenters. The fourth-order valence-electron chi connectivity index (χ4n) is 2.50. The van der Waals surface area contributed by atoms with Crippen LogP contribution in [0.5, 0.6) is 0 Å². The first kappa shape index (κ1) is 15.3. The summed E-state index contributed by atoms with van der Waals surface area (Å²) < 4.78 is 8.20. The van der Waals surface area contributed by atoms with Crippen LogP contribution in [0.4, 0.5) is 4.79 Å². The van der Waals surface area contributed by atoms with Crippen LogP contribution in [0.1, 0.15) is 20.8 Å². The summed E-state index contributed by atoms with van der Waals surface area (Å²) in [4.78, 5) is 13.6. The Balaban J connectivity index is 1.60. The van der Waals surface area contributed by atoms with Gasteiger partial charge in [-0.25, -0.2) is 9.48 Å². The Morgan fingerprint density at radius 2 is 2.14 bits per heavy atom. The molecule has 6 nitrogen and oxygen atoms in total. The van der Waals surface area contributed by atoms with Crippen LogP contribution in [0, 0.1) is 5.92 Å². The number of carbonyl (C=O) groups is 1. The number of benzene rings is 1. The van der Waals surface area contributed by atoms with Crippen LogP contribution in [-0.2, 0) is 11.3 Å². The van der Waals surface area contributed by atoms with Gasteiger partial charge in [0.25, 0.3) is 0 Å². The van der Waals surface area contributed by atoms with Gasteiger partial charge in [-0.2, -0.15) is 0 Å². The van der Waals surface area contributed by atoms with Gasteiger partial charge in [0.1, 0.15) is 11.1 Å². The number of fused-ring (bicyclic) bond motifs is 1. The summed E-state index contributed by atoms with van der Waals surface area (Å²) in [5, 5.41) is 8.40. The molecule has 0 aliphatic carbocycles. The van der Waals surface area contributed by atoms with E-state index in [0.717, 1.165) is 22.1 Å². The van der Waals surface area contributed by atoms with Crippen LogP contribution in [-0.4, -0.2) is 44.7 Å². The van der Waals surface area contributed by atoms with Gasteiger partial charge in [-0.05, 0) is 48.8 Å². The van der Waals surface area contributed by atoms with E-state index in [0.29, 0.717) is 19.0 Å². The lowest BCUT2D eigenvalue weighted by atomic mass is 10.0. The van der Waals surface area contributed by atoms with Gasteiger partial charge < -0.3 is 9.64 Å². The minimum Gasteiger partial charge on any atom is -0.444 e. The second-order valence-corrected chi connectivity index (χ2v) is 7.48. The third kappa shape index (κ3) is 3.09. The van der Waals surface area contributed by atoms with Crippen LogP contribution in [0.2, 0.25) is 0 Å². The molecule has 1 fully saturated rings. The standard InChI is InChI=1S/C15H19BrN4O2/c1-15(2,3)22-14(21)19-7-10(8-19)9-20-12-6-4-5-11(16)13(12)17-18-20/h4-6,10H,7-9H2,1-3H3. The Kier molecular flexibility index (Phi) is 3.84. The third-order valence-electron chi connectivity index (χ3n) is 3.54. The van der Waals surface area contributed by atoms with E-state index in [4.69, 9.17) is 4.74 Å². The minimum absolute atomic E-state index is 0.241. The number of hydrogen-bond acceptors (Lipinski definition) is 4. The van der Waals surface area contributed by atoms with E-state index in [2.05, 4.69) is 26.2 Å². The van der Waals surface area contributed by atoms with E-state index in [1.165, 1.54) is 0 Å². The summed E-state index contributed by atoms with van der Waals surface area (Å²) >= 11 is 3.48. The second-order valence-electron chi connectivity index (χ2n) is 6.63. The summed E-state index contributed by atoms with van der Waals surface area (Å²) in [6, 6.07) is 5.93. The first-order valence-electron chi connectivity index (χ1n) is 7.29. The highest BCUT2D eigenvalue weighted by molar-refractivity contribution is 9.10. The van der Waals surface area contributed by atoms with Gasteiger partial charge in [0.2, 0.25) is 0 Å². The number of amides is 1. The van der Waals surface area contributed by atoms with Crippen molar-refractivity contribution in [2.45, 2.75) is 32.9 Å². The van der Waals surface area contributed by atoms with E-state index in [1.807, 2.05) is 43.7 Å². The van der Waals surface area contributed by atoms with Crippen molar-refractivity contribution in [3.63, 3.8) is 0 Å². The molecule has 0 bridgehead atoms. The lowest BCUT2D eigenvalue weighted by Crippen LogP contribution is -2.52. The van der Waals surface area contributed by atoms with Crippen molar-refractivity contribution < 1.29 is 9.53 Å². The Morgan fingerprint density at radius 3 is 2.82 bits per heavy atom. The molecule has 0 N–H and O–H groups in total. The highest BCUT2D eigenvalue weighted by Crippen LogP contribution is 2.24. The smallest absolute Gasteiger partial charge is 0.410 e. The van der Waals surface area contributed by atoms with Gasteiger partial charge in [-0.1, -0.05) is 11.3 Å². The highest BCUT2D eigenvalue weighted by atomic mass is 79.9. The summed E-state index contributed by atoms with van der Waals surface area (Å²) in [7, 11) is 0. The van der Waals surface area contributed by atoms with Crippen molar-refractivity contribution in [3.8, 4) is 0 Å². The van der Waals surface area contributed by atoms with Crippen molar-refractivity contribution in [1.82, 2.24) is 19.9 Å². The van der Waals surface area contributed by atoms with E-state index in [9.17, 15) is 4.79 Å². The first-order valence-corrected chi connectivity index (χ1v) is 8.08. The molecule has 118 valence electrons. The lowest BCUT2D eigenvalue weighted by molar-refractivity contribution is -0.00371. The van der Waals surface area contributed by atoms with Crippen molar-refractivity contribution >= 4 is 33.1 Å². The third-order valence-corrected chi connectivity index (χ3v) is 4.18. The van der Waals surface area contributed by atoms with E-state index >= 15 is 0 Å². The van der Waals surface area contributed by atoms with Crippen LogP contribution in [0.15, 0.2) is 22.7 Å². The number of carbonyl (C=O) groups excluding carboxylic acids is 1. The maximum Gasteiger partial charge on any atom is 0.410 e. The molecule has 1 amide bonds. The predicted molar refractivity (Wildman–Crippen MR) is 86.5 cm³/mol. The molecule has 0 saturated carbocycles. The summed E-state index contributed by atoms with van der Waals surface area (Å²) in [6.07, 6.45) is -0.241. The van der Waals surface area contributed by atoms with Crippen molar-refractivity contribution in [3.05, 3.63) is 22.7 Å². The Hall–Kier alpha value is -1.63. The maximum absolute atomic E-state index is 11.9. The van der Waals surface area contributed by atoms with Gasteiger partial charge in [0.05, 0.1) is 5.52 Å². The zero-order valence-electron chi connectivity index (χ0n) is 12.9.